The topological polar surface area (TPSA) is 41.6 Å². The number of carbonyl (C=O) groups excluding carboxylic acids is 1. The summed E-state index contributed by atoms with van der Waals surface area (Å²) in [6, 6.07) is 3.51. The van der Waals surface area contributed by atoms with Crippen molar-refractivity contribution < 1.29 is 18.3 Å². The number of carbonyl (C=O) groups is 1. The highest BCUT2D eigenvalue weighted by molar-refractivity contribution is 5.81. The first-order valence-corrected chi connectivity index (χ1v) is 7.05. The van der Waals surface area contributed by atoms with Gasteiger partial charge in [0.15, 0.2) is 17.7 Å². The van der Waals surface area contributed by atoms with Crippen LogP contribution in [0.3, 0.4) is 0 Å². The lowest BCUT2D eigenvalue weighted by Crippen LogP contribution is -2.59. The average Bonchev–Trinajstić information content (AvgIpc) is 2.45. The third-order valence-corrected chi connectivity index (χ3v) is 3.87. The van der Waals surface area contributed by atoms with E-state index in [0.717, 1.165) is 18.7 Å². The van der Waals surface area contributed by atoms with E-state index in [9.17, 15) is 13.6 Å². The molecule has 1 heterocycles. The number of nitrogens with one attached hydrogen (secondary N) is 1. The van der Waals surface area contributed by atoms with Gasteiger partial charge in [-0.2, -0.15) is 0 Å². The molecule has 116 valence electrons. The van der Waals surface area contributed by atoms with Crippen LogP contribution in [0.15, 0.2) is 18.2 Å². The Morgan fingerprint density at radius 2 is 2.10 bits per heavy atom. The number of hydrogen-bond acceptors (Lipinski definition) is 3. The number of hydrogen-bond donors (Lipinski definition) is 1. The summed E-state index contributed by atoms with van der Waals surface area (Å²) in [5, 5.41) is 3.29. The molecule has 6 heteroatoms. The van der Waals surface area contributed by atoms with Gasteiger partial charge >= 0.3 is 0 Å². The Hall–Kier alpha value is -1.69. The van der Waals surface area contributed by atoms with Crippen LogP contribution in [0.4, 0.5) is 8.78 Å². The van der Waals surface area contributed by atoms with Crippen molar-refractivity contribution in [1.82, 2.24) is 10.2 Å². The molecule has 1 aromatic rings. The number of benzene rings is 1. The zero-order chi connectivity index (χ0) is 15.6. The van der Waals surface area contributed by atoms with E-state index in [4.69, 9.17) is 4.74 Å². The van der Waals surface area contributed by atoms with Gasteiger partial charge in [0.25, 0.3) is 5.91 Å². The summed E-state index contributed by atoms with van der Waals surface area (Å²) in [6.45, 7) is 6.94. The van der Waals surface area contributed by atoms with Crippen LogP contribution in [-0.4, -0.2) is 42.1 Å². The first-order chi connectivity index (χ1) is 9.90. The quantitative estimate of drug-likeness (QED) is 0.927. The lowest BCUT2D eigenvalue weighted by Gasteiger charge is -2.39. The monoisotopic (exact) mass is 298 g/mol. The van der Waals surface area contributed by atoms with E-state index >= 15 is 0 Å². The Labute approximate surface area is 123 Å². The van der Waals surface area contributed by atoms with Gasteiger partial charge in [-0.1, -0.05) is 0 Å². The van der Waals surface area contributed by atoms with Crippen LogP contribution < -0.4 is 10.1 Å². The number of nitrogens with zero attached hydrogens (tertiary/aromatic N) is 1. The highest BCUT2D eigenvalue weighted by atomic mass is 19.2. The fourth-order valence-corrected chi connectivity index (χ4v) is 2.41. The van der Waals surface area contributed by atoms with Crippen molar-refractivity contribution in [3.63, 3.8) is 0 Å². The van der Waals surface area contributed by atoms with Crippen LogP contribution in [0.2, 0.25) is 0 Å². The summed E-state index contributed by atoms with van der Waals surface area (Å²) in [5.41, 5.74) is 0. The summed E-state index contributed by atoms with van der Waals surface area (Å²) in [4.78, 5) is 14.2. The highest BCUT2D eigenvalue weighted by Crippen LogP contribution is 2.18. The largest absolute Gasteiger partial charge is 0.481 e. The Morgan fingerprint density at radius 1 is 1.38 bits per heavy atom. The number of halogens is 2. The Kier molecular flexibility index (Phi) is 4.77. The van der Waals surface area contributed by atoms with Gasteiger partial charge in [0, 0.05) is 31.2 Å². The number of ether oxygens (including phenoxy) is 1. The molecule has 1 aromatic carbocycles. The van der Waals surface area contributed by atoms with Crippen molar-refractivity contribution in [2.45, 2.75) is 39.0 Å². The van der Waals surface area contributed by atoms with Crippen LogP contribution >= 0.6 is 0 Å². The summed E-state index contributed by atoms with van der Waals surface area (Å²) in [5.74, 6) is -1.94. The van der Waals surface area contributed by atoms with Gasteiger partial charge < -0.3 is 15.0 Å². The third-order valence-electron chi connectivity index (χ3n) is 3.87. The zero-order valence-corrected chi connectivity index (χ0v) is 12.4. The number of amides is 1. The maximum atomic E-state index is 13.1. The smallest absolute Gasteiger partial charge is 0.263 e. The van der Waals surface area contributed by atoms with Gasteiger partial charge in [-0.3, -0.25) is 4.79 Å². The van der Waals surface area contributed by atoms with E-state index in [1.54, 1.807) is 11.8 Å². The van der Waals surface area contributed by atoms with Crippen molar-refractivity contribution in [2.24, 2.45) is 0 Å². The van der Waals surface area contributed by atoms with Crippen molar-refractivity contribution in [3.05, 3.63) is 29.8 Å². The maximum absolute atomic E-state index is 13.1. The molecule has 0 radical (unpaired) electrons. The van der Waals surface area contributed by atoms with Crippen molar-refractivity contribution in [1.29, 1.82) is 0 Å². The van der Waals surface area contributed by atoms with E-state index < -0.39 is 17.7 Å². The van der Waals surface area contributed by atoms with Crippen molar-refractivity contribution >= 4 is 5.91 Å². The minimum Gasteiger partial charge on any atom is -0.481 e. The summed E-state index contributed by atoms with van der Waals surface area (Å²) in [6.07, 6.45) is -0.748. The second-order valence-electron chi connectivity index (χ2n) is 5.35. The predicted octanol–water partition coefficient (Wildman–Crippen LogP) is 1.94. The fourth-order valence-electron chi connectivity index (χ4n) is 2.41. The molecule has 2 rings (SSSR count). The molecule has 21 heavy (non-hydrogen) atoms. The third kappa shape index (κ3) is 3.50. The van der Waals surface area contributed by atoms with E-state index in [1.165, 1.54) is 6.07 Å². The van der Waals surface area contributed by atoms with E-state index in [1.807, 2.05) is 13.8 Å². The van der Waals surface area contributed by atoms with Gasteiger partial charge in [0.05, 0.1) is 0 Å². The minimum absolute atomic E-state index is 0.0576. The van der Waals surface area contributed by atoms with E-state index in [0.29, 0.717) is 6.54 Å². The minimum atomic E-state index is -0.990. The van der Waals surface area contributed by atoms with Gasteiger partial charge in [-0.05, 0) is 32.9 Å². The lowest BCUT2D eigenvalue weighted by atomic mass is 10.1. The zero-order valence-electron chi connectivity index (χ0n) is 12.4. The molecular formula is C15H20F2N2O2. The Balaban J connectivity index is 2.03. The molecule has 1 aliphatic heterocycles. The van der Waals surface area contributed by atoms with E-state index in [-0.39, 0.29) is 23.7 Å². The summed E-state index contributed by atoms with van der Waals surface area (Å²) < 4.78 is 31.4. The van der Waals surface area contributed by atoms with Crippen molar-refractivity contribution in [3.8, 4) is 5.75 Å². The normalized spacial score (nSPS) is 23.8. The van der Waals surface area contributed by atoms with Crippen LogP contribution in [0.5, 0.6) is 5.75 Å². The SMILES string of the molecule is CC(Oc1ccc(F)c(F)c1)C(=O)N1CCNC(C)C1C. The molecule has 0 spiro atoms. The predicted molar refractivity (Wildman–Crippen MR) is 75.1 cm³/mol. The first kappa shape index (κ1) is 15.7. The average molecular weight is 298 g/mol. The molecule has 1 saturated heterocycles. The maximum Gasteiger partial charge on any atom is 0.263 e. The number of piperazine rings is 1. The van der Waals surface area contributed by atoms with E-state index in [2.05, 4.69) is 5.32 Å². The van der Waals surface area contributed by atoms with Gasteiger partial charge in [-0.15, -0.1) is 0 Å². The van der Waals surface area contributed by atoms with Gasteiger partial charge in [0.2, 0.25) is 0 Å². The molecule has 4 nitrogen and oxygen atoms in total. The lowest BCUT2D eigenvalue weighted by molar-refractivity contribution is -0.141. The molecule has 3 atom stereocenters. The molecule has 0 aromatic heterocycles. The first-order valence-electron chi connectivity index (χ1n) is 7.05. The standard InChI is InChI=1S/C15H20F2N2O2/c1-9-10(2)19(7-6-18-9)15(20)11(3)21-12-4-5-13(16)14(17)8-12/h4-5,8-11,18H,6-7H2,1-3H3. The summed E-state index contributed by atoms with van der Waals surface area (Å²) in [7, 11) is 0. The Bertz CT molecular complexity index is 524. The molecule has 1 N–H and O–H groups in total. The molecule has 0 saturated carbocycles. The molecule has 1 aliphatic rings. The highest BCUT2D eigenvalue weighted by Gasteiger charge is 2.31. The molecule has 1 amide bonds. The fraction of sp³-hybridized carbons (Fsp3) is 0.533. The van der Waals surface area contributed by atoms with Crippen molar-refractivity contribution in [2.75, 3.05) is 13.1 Å². The van der Waals surface area contributed by atoms with Gasteiger partial charge in [-0.25, -0.2) is 8.78 Å². The molecular weight excluding hydrogens is 278 g/mol. The van der Waals surface area contributed by atoms with Crippen LogP contribution in [-0.2, 0) is 4.79 Å². The second kappa shape index (κ2) is 6.39. The molecule has 0 bridgehead atoms. The number of rotatable bonds is 3. The Morgan fingerprint density at radius 3 is 2.76 bits per heavy atom. The van der Waals surface area contributed by atoms with Crippen LogP contribution in [0, 0.1) is 11.6 Å². The molecule has 0 aliphatic carbocycles. The summed E-state index contributed by atoms with van der Waals surface area (Å²) >= 11 is 0. The van der Waals surface area contributed by atoms with Crippen LogP contribution in [0.1, 0.15) is 20.8 Å². The second-order valence-corrected chi connectivity index (χ2v) is 5.35. The molecule has 1 fully saturated rings. The molecule has 3 unspecified atom stereocenters. The van der Waals surface area contributed by atoms with Crippen LogP contribution in [0.25, 0.3) is 0 Å². The van der Waals surface area contributed by atoms with Gasteiger partial charge in [0.1, 0.15) is 5.75 Å².